The van der Waals surface area contributed by atoms with E-state index in [9.17, 15) is 28.1 Å². The molecule has 32 heavy (non-hydrogen) atoms. The summed E-state index contributed by atoms with van der Waals surface area (Å²) in [5, 5.41) is 10.1. The summed E-state index contributed by atoms with van der Waals surface area (Å²) in [4.78, 5) is 47.0. The number of aliphatic hydroxyl groups excluding tert-OH is 1. The number of hydrogen-bond donors (Lipinski definition) is 7. The highest BCUT2D eigenvalue weighted by atomic mass is 31.3. The van der Waals surface area contributed by atoms with Crippen molar-refractivity contribution in [1.29, 1.82) is 0 Å². The zero-order valence-corrected chi connectivity index (χ0v) is 18.0. The number of ether oxygens (including phenoxy) is 1. The van der Waals surface area contributed by atoms with Crippen LogP contribution in [0.3, 0.4) is 0 Å². The third kappa shape index (κ3) is 5.66. The van der Waals surface area contributed by atoms with E-state index in [-0.39, 0.29) is 22.9 Å². The molecule has 22 heteroatoms. The maximum Gasteiger partial charge on any atom is 0.490 e. The lowest BCUT2D eigenvalue weighted by Gasteiger charge is -2.19. The predicted octanol–water partition coefficient (Wildman–Crippen LogP) is -1.07. The van der Waals surface area contributed by atoms with Gasteiger partial charge < -0.3 is 40.9 Å². The molecular weight excluding hydrogens is 508 g/mol. The van der Waals surface area contributed by atoms with Crippen LogP contribution in [0.5, 0.6) is 0 Å². The number of phosphoric ester groups is 1. The lowest BCUT2D eigenvalue weighted by Crippen LogP contribution is -2.31. The zero-order valence-electron chi connectivity index (χ0n) is 15.4. The fourth-order valence-electron chi connectivity index (χ4n) is 2.68. The molecule has 6 atom stereocenters. The van der Waals surface area contributed by atoms with Crippen molar-refractivity contribution in [2.45, 2.75) is 24.6 Å². The summed E-state index contributed by atoms with van der Waals surface area (Å²) in [5.74, 6) is -0.362. The molecule has 0 bridgehead atoms. The van der Waals surface area contributed by atoms with E-state index in [0.29, 0.717) is 0 Å². The Kier molecular flexibility index (Phi) is 6.76. The number of aromatic nitrogens is 4. The molecular formula is C10H16FN6O12P3. The summed E-state index contributed by atoms with van der Waals surface area (Å²) >= 11 is 0. The molecule has 1 saturated heterocycles. The lowest BCUT2D eigenvalue weighted by atomic mass is 10.1. The van der Waals surface area contributed by atoms with Crippen LogP contribution in [-0.4, -0.2) is 69.2 Å². The Morgan fingerprint density at radius 2 is 1.78 bits per heavy atom. The minimum atomic E-state index is -5.74. The van der Waals surface area contributed by atoms with Gasteiger partial charge >= 0.3 is 23.5 Å². The molecule has 2 aromatic rings. The second-order valence-electron chi connectivity index (χ2n) is 6.18. The Morgan fingerprint density at radius 3 is 2.41 bits per heavy atom. The molecule has 1 aliphatic rings. The van der Waals surface area contributed by atoms with E-state index in [2.05, 4.69) is 28.1 Å². The standard InChI is InChI=1S/C10H16FN6O12P3/c11-4-6(18)3(1-26-31(22,23)29-32(24,25)28-30(19,20)21)27-9(4)17-2-14-5-7(12)15-10(13)16-8(5)17/h2-4,6,9,18H,1H2,(H,22,23)(H,24,25)(H2,19,20,21)(H4,12,13,15,16)/t3-,4+,6-,9-/m1/s1. The van der Waals surface area contributed by atoms with Gasteiger partial charge in [0.1, 0.15) is 17.7 Å². The maximum atomic E-state index is 14.7. The van der Waals surface area contributed by atoms with E-state index in [1.165, 1.54) is 0 Å². The number of phosphoric acid groups is 3. The summed E-state index contributed by atoms with van der Waals surface area (Å²) in [7, 11) is -16.8. The fraction of sp³-hybridized carbons (Fsp3) is 0.500. The topological polar surface area (TPSA) is 285 Å². The third-order valence-corrected chi connectivity index (χ3v) is 7.65. The second-order valence-corrected chi connectivity index (χ2v) is 10.6. The van der Waals surface area contributed by atoms with Crippen molar-refractivity contribution in [1.82, 2.24) is 19.5 Å². The molecule has 2 aromatic heterocycles. The monoisotopic (exact) mass is 524 g/mol. The minimum Gasteiger partial charge on any atom is -0.387 e. The highest BCUT2D eigenvalue weighted by molar-refractivity contribution is 7.66. The van der Waals surface area contributed by atoms with Crippen molar-refractivity contribution in [3.8, 4) is 0 Å². The number of nitrogens with two attached hydrogens (primary N) is 2. The van der Waals surface area contributed by atoms with Crippen molar-refractivity contribution in [2.24, 2.45) is 0 Å². The Morgan fingerprint density at radius 1 is 1.12 bits per heavy atom. The number of hydrogen-bond acceptors (Lipinski definition) is 13. The van der Waals surface area contributed by atoms with Crippen molar-refractivity contribution in [2.75, 3.05) is 18.1 Å². The molecule has 0 saturated carbocycles. The fourth-order valence-corrected chi connectivity index (χ4v) is 5.71. The van der Waals surface area contributed by atoms with Crippen LogP contribution in [0.4, 0.5) is 16.2 Å². The largest absolute Gasteiger partial charge is 0.490 e. The molecule has 3 heterocycles. The Labute approximate surface area is 176 Å². The highest BCUT2D eigenvalue weighted by Crippen LogP contribution is 2.66. The first-order valence-corrected chi connectivity index (χ1v) is 12.6. The van der Waals surface area contributed by atoms with Crippen LogP contribution in [-0.2, 0) is 31.6 Å². The molecule has 1 fully saturated rings. The smallest absolute Gasteiger partial charge is 0.387 e. The first kappa shape index (κ1) is 25.0. The van der Waals surface area contributed by atoms with Crippen LogP contribution >= 0.6 is 23.5 Å². The minimum absolute atomic E-state index is 0.0385. The van der Waals surface area contributed by atoms with Crippen molar-refractivity contribution < 1.29 is 60.6 Å². The molecule has 18 nitrogen and oxygen atoms in total. The highest BCUT2D eigenvalue weighted by Gasteiger charge is 2.48. The van der Waals surface area contributed by atoms with E-state index in [4.69, 9.17) is 30.9 Å². The molecule has 3 rings (SSSR count). The van der Waals surface area contributed by atoms with E-state index < -0.39 is 54.7 Å². The quantitative estimate of drug-likeness (QED) is 0.202. The van der Waals surface area contributed by atoms with E-state index in [1.807, 2.05) is 0 Å². The molecule has 0 amide bonds. The Hall–Kier alpha value is -1.59. The summed E-state index contributed by atoms with van der Waals surface area (Å²) in [6, 6.07) is 0. The number of imidazole rings is 1. The summed E-state index contributed by atoms with van der Waals surface area (Å²) in [6.45, 7) is -1.06. The van der Waals surface area contributed by atoms with Crippen LogP contribution in [0.1, 0.15) is 6.23 Å². The third-order valence-electron chi connectivity index (χ3n) is 3.85. The second kappa shape index (κ2) is 8.64. The van der Waals surface area contributed by atoms with Crippen molar-refractivity contribution in [3.63, 3.8) is 0 Å². The van der Waals surface area contributed by atoms with E-state index in [1.54, 1.807) is 0 Å². The molecule has 0 radical (unpaired) electrons. The number of nitrogens with zero attached hydrogens (tertiary/aromatic N) is 4. The van der Waals surface area contributed by atoms with Gasteiger partial charge in [-0.15, -0.1) is 0 Å². The van der Waals surface area contributed by atoms with Gasteiger partial charge in [-0.25, -0.2) is 23.1 Å². The van der Waals surface area contributed by atoms with Crippen molar-refractivity contribution >= 4 is 46.4 Å². The summed E-state index contributed by atoms with van der Waals surface area (Å²) < 4.78 is 66.1. The number of nitrogen functional groups attached to an aromatic ring is 2. The summed E-state index contributed by atoms with van der Waals surface area (Å²) in [6.07, 6.45) is -6.18. The summed E-state index contributed by atoms with van der Waals surface area (Å²) in [5.41, 5.74) is 11.2. The van der Waals surface area contributed by atoms with E-state index in [0.717, 1.165) is 10.9 Å². The van der Waals surface area contributed by atoms with Gasteiger partial charge in [-0.3, -0.25) is 9.09 Å². The van der Waals surface area contributed by atoms with Gasteiger partial charge in [-0.05, 0) is 0 Å². The van der Waals surface area contributed by atoms with Gasteiger partial charge in [-0.1, -0.05) is 0 Å². The van der Waals surface area contributed by atoms with Crippen LogP contribution < -0.4 is 11.5 Å². The van der Waals surface area contributed by atoms with Gasteiger partial charge in [0.15, 0.2) is 23.9 Å². The van der Waals surface area contributed by atoms with Crippen LogP contribution in [0.15, 0.2) is 6.33 Å². The first-order chi connectivity index (χ1) is 14.6. The Balaban J connectivity index is 1.72. The number of alkyl halides is 1. The molecule has 0 spiro atoms. The van der Waals surface area contributed by atoms with Gasteiger partial charge in [-0.2, -0.15) is 18.6 Å². The number of fused-ring (bicyclic) bond motifs is 1. The predicted molar refractivity (Wildman–Crippen MR) is 98.8 cm³/mol. The van der Waals surface area contributed by atoms with Gasteiger partial charge in [0.25, 0.3) is 0 Å². The van der Waals surface area contributed by atoms with Gasteiger partial charge in [0.2, 0.25) is 5.95 Å². The molecule has 9 N–H and O–H groups in total. The molecule has 0 aliphatic carbocycles. The average molecular weight is 524 g/mol. The molecule has 0 aromatic carbocycles. The number of halogens is 1. The first-order valence-electron chi connectivity index (χ1n) is 8.10. The maximum absolute atomic E-state index is 14.7. The zero-order chi connectivity index (χ0) is 24.1. The normalized spacial score (nSPS) is 27.9. The van der Waals surface area contributed by atoms with Crippen LogP contribution in [0.25, 0.3) is 11.2 Å². The van der Waals surface area contributed by atoms with E-state index >= 15 is 0 Å². The van der Waals surface area contributed by atoms with Crippen LogP contribution in [0.2, 0.25) is 0 Å². The number of aliphatic hydroxyl groups is 1. The number of anilines is 2. The van der Waals surface area contributed by atoms with Crippen molar-refractivity contribution in [3.05, 3.63) is 6.33 Å². The molecule has 1 aliphatic heterocycles. The number of rotatable bonds is 8. The SMILES string of the molecule is Nc1nc(N)c2ncn([C@@H]3O[C@H](COP(=O)(O)OP(=O)(O)OP(=O)(O)O)[C@@H](O)[C@@H]3F)c2n1. The lowest BCUT2D eigenvalue weighted by molar-refractivity contribution is -0.0450. The molecule has 2 unspecified atom stereocenters. The average Bonchev–Trinajstić information content (AvgIpc) is 3.12. The van der Waals surface area contributed by atoms with Gasteiger partial charge in [0.05, 0.1) is 12.9 Å². The molecule has 180 valence electrons. The van der Waals surface area contributed by atoms with Crippen LogP contribution in [0, 0.1) is 0 Å². The van der Waals surface area contributed by atoms with Gasteiger partial charge in [0, 0.05) is 0 Å². The Bertz CT molecular complexity index is 1160.